The van der Waals surface area contributed by atoms with Crippen molar-refractivity contribution >= 4 is 15.9 Å². The number of hydrogen-bond donors (Lipinski definition) is 1. The second-order valence-electron chi connectivity index (χ2n) is 3.53. The summed E-state index contributed by atoms with van der Waals surface area (Å²) in [4.78, 5) is 10.9. The summed E-state index contributed by atoms with van der Waals surface area (Å²) in [6.45, 7) is 0.185. The molecule has 1 aliphatic carbocycles. The minimum absolute atomic E-state index is 0.185. The summed E-state index contributed by atoms with van der Waals surface area (Å²) < 4.78 is 30.8. The van der Waals surface area contributed by atoms with E-state index in [1.807, 2.05) is 0 Å². The SMILES string of the molecule is O=C1CCC(NCCS(=O)(=O)[O-])CC1. The van der Waals surface area contributed by atoms with Gasteiger partial charge >= 0.3 is 0 Å². The first-order chi connectivity index (χ1) is 6.47. The second-order valence-corrected chi connectivity index (χ2v) is 5.05. The van der Waals surface area contributed by atoms with Crippen LogP contribution in [0, 0.1) is 0 Å². The molecule has 0 atom stereocenters. The van der Waals surface area contributed by atoms with Gasteiger partial charge in [0.15, 0.2) is 0 Å². The van der Waals surface area contributed by atoms with Gasteiger partial charge in [0.25, 0.3) is 0 Å². The zero-order chi connectivity index (χ0) is 10.6. The van der Waals surface area contributed by atoms with Crippen molar-refractivity contribution < 1.29 is 17.8 Å². The van der Waals surface area contributed by atoms with Crippen molar-refractivity contribution in [3.05, 3.63) is 0 Å². The minimum Gasteiger partial charge on any atom is -0.748 e. The molecule has 0 aliphatic heterocycles. The molecule has 1 rings (SSSR count). The summed E-state index contributed by atoms with van der Waals surface area (Å²) in [5.74, 6) is -0.114. The molecule has 1 saturated carbocycles. The fourth-order valence-electron chi connectivity index (χ4n) is 1.53. The monoisotopic (exact) mass is 220 g/mol. The van der Waals surface area contributed by atoms with Crippen LogP contribution in [0.3, 0.4) is 0 Å². The molecule has 0 aromatic heterocycles. The van der Waals surface area contributed by atoms with E-state index in [1.165, 1.54) is 0 Å². The Morgan fingerprint density at radius 1 is 1.36 bits per heavy atom. The van der Waals surface area contributed by atoms with E-state index < -0.39 is 10.1 Å². The van der Waals surface area contributed by atoms with Crippen LogP contribution in [0.1, 0.15) is 25.7 Å². The fourth-order valence-corrected chi connectivity index (χ4v) is 1.90. The molecule has 0 radical (unpaired) electrons. The van der Waals surface area contributed by atoms with E-state index >= 15 is 0 Å². The summed E-state index contributed by atoms with van der Waals surface area (Å²) in [5, 5.41) is 2.97. The second kappa shape index (κ2) is 4.86. The van der Waals surface area contributed by atoms with Gasteiger partial charge in [0.1, 0.15) is 5.78 Å². The average molecular weight is 220 g/mol. The molecule has 1 N–H and O–H groups in total. The largest absolute Gasteiger partial charge is 0.748 e. The molecule has 0 aromatic carbocycles. The molecule has 14 heavy (non-hydrogen) atoms. The highest BCUT2D eigenvalue weighted by molar-refractivity contribution is 7.85. The van der Waals surface area contributed by atoms with Crippen LogP contribution < -0.4 is 5.32 Å². The molecular weight excluding hydrogens is 206 g/mol. The molecule has 0 bridgehead atoms. The smallest absolute Gasteiger partial charge is 0.133 e. The number of carbonyl (C=O) groups excluding carboxylic acids is 1. The van der Waals surface area contributed by atoms with Gasteiger partial charge < -0.3 is 9.87 Å². The van der Waals surface area contributed by atoms with E-state index in [0.29, 0.717) is 12.8 Å². The van der Waals surface area contributed by atoms with Crippen LogP contribution in [-0.2, 0) is 14.9 Å². The highest BCUT2D eigenvalue weighted by Gasteiger charge is 2.17. The maximum atomic E-state index is 10.9. The van der Waals surface area contributed by atoms with Crippen molar-refractivity contribution in [2.45, 2.75) is 31.7 Å². The molecule has 0 spiro atoms. The average Bonchev–Trinajstić information content (AvgIpc) is 2.06. The third-order valence-corrected chi connectivity index (χ3v) is 3.03. The number of hydrogen-bond acceptors (Lipinski definition) is 5. The number of Topliss-reactive ketones (excluding diaryl/α,β-unsaturated/α-hetero) is 1. The first-order valence-electron chi connectivity index (χ1n) is 4.66. The third kappa shape index (κ3) is 4.69. The van der Waals surface area contributed by atoms with Gasteiger partial charge in [-0.05, 0) is 12.8 Å². The Kier molecular flexibility index (Phi) is 4.03. The first kappa shape index (κ1) is 11.6. The van der Waals surface area contributed by atoms with Gasteiger partial charge in [-0.1, -0.05) is 0 Å². The number of carbonyl (C=O) groups is 1. The number of ketones is 1. The number of nitrogens with one attached hydrogen (secondary N) is 1. The molecule has 0 aromatic rings. The summed E-state index contributed by atoms with van der Waals surface area (Å²) in [5.41, 5.74) is 0. The molecule has 0 saturated heterocycles. The van der Waals surface area contributed by atoms with Crippen LogP contribution in [0.5, 0.6) is 0 Å². The zero-order valence-electron chi connectivity index (χ0n) is 7.86. The third-order valence-electron chi connectivity index (χ3n) is 2.33. The molecule has 5 nitrogen and oxygen atoms in total. The Bertz CT molecular complexity index is 288. The minimum atomic E-state index is -4.12. The Hall–Kier alpha value is -0.460. The van der Waals surface area contributed by atoms with Crippen LogP contribution in [0.25, 0.3) is 0 Å². The highest BCUT2D eigenvalue weighted by atomic mass is 32.2. The summed E-state index contributed by atoms with van der Waals surface area (Å²) in [6, 6.07) is 0.189. The maximum absolute atomic E-state index is 10.9. The van der Waals surface area contributed by atoms with Gasteiger partial charge in [0.2, 0.25) is 0 Å². The van der Waals surface area contributed by atoms with Crippen LogP contribution in [0.15, 0.2) is 0 Å². The lowest BCUT2D eigenvalue weighted by Gasteiger charge is -2.22. The molecule has 82 valence electrons. The molecule has 0 unspecified atom stereocenters. The normalized spacial score (nSPS) is 19.9. The van der Waals surface area contributed by atoms with Gasteiger partial charge in [-0.3, -0.25) is 4.79 Å². The topological polar surface area (TPSA) is 86.3 Å². The Morgan fingerprint density at radius 3 is 2.43 bits per heavy atom. The predicted molar refractivity (Wildman–Crippen MR) is 49.8 cm³/mol. The van der Waals surface area contributed by atoms with E-state index in [9.17, 15) is 17.8 Å². The van der Waals surface area contributed by atoms with Crippen LogP contribution in [0.4, 0.5) is 0 Å². The maximum Gasteiger partial charge on any atom is 0.133 e. The van der Waals surface area contributed by atoms with Crippen molar-refractivity contribution in [3.8, 4) is 0 Å². The fraction of sp³-hybridized carbons (Fsp3) is 0.875. The van der Waals surface area contributed by atoms with Crippen molar-refractivity contribution in [2.75, 3.05) is 12.3 Å². The van der Waals surface area contributed by atoms with Crippen molar-refractivity contribution in [1.29, 1.82) is 0 Å². The van der Waals surface area contributed by atoms with E-state index in [0.717, 1.165) is 12.8 Å². The van der Waals surface area contributed by atoms with Crippen molar-refractivity contribution in [3.63, 3.8) is 0 Å². The lowest BCUT2D eigenvalue weighted by Crippen LogP contribution is -2.36. The number of rotatable bonds is 4. The first-order valence-corrected chi connectivity index (χ1v) is 6.24. The van der Waals surface area contributed by atoms with Gasteiger partial charge in [-0.15, -0.1) is 0 Å². The zero-order valence-corrected chi connectivity index (χ0v) is 8.68. The lowest BCUT2D eigenvalue weighted by atomic mass is 9.94. The molecule has 6 heteroatoms. The van der Waals surface area contributed by atoms with E-state index in [4.69, 9.17) is 0 Å². The highest BCUT2D eigenvalue weighted by Crippen LogP contribution is 2.14. The molecule has 0 heterocycles. The standard InChI is InChI=1S/C8H15NO4S/c10-8-3-1-7(2-4-8)9-5-6-14(11,12)13/h7,9H,1-6H2,(H,11,12,13)/p-1. The quantitative estimate of drug-likeness (QED) is 0.653. The van der Waals surface area contributed by atoms with Gasteiger partial charge in [-0.2, -0.15) is 0 Å². The van der Waals surface area contributed by atoms with E-state index in [2.05, 4.69) is 5.32 Å². The Balaban J connectivity index is 2.17. The lowest BCUT2D eigenvalue weighted by molar-refractivity contribution is -0.120. The van der Waals surface area contributed by atoms with Crippen molar-refractivity contribution in [1.82, 2.24) is 5.32 Å². The Labute approximate surface area is 83.6 Å². The van der Waals surface area contributed by atoms with Crippen molar-refractivity contribution in [2.24, 2.45) is 0 Å². The van der Waals surface area contributed by atoms with E-state index in [1.54, 1.807) is 0 Å². The molecule has 1 aliphatic rings. The predicted octanol–water partition coefficient (Wildman–Crippen LogP) is -0.367. The van der Waals surface area contributed by atoms with Gasteiger partial charge in [0.05, 0.1) is 15.9 Å². The molecule has 0 amide bonds. The summed E-state index contributed by atoms with van der Waals surface area (Å²) >= 11 is 0. The Morgan fingerprint density at radius 2 is 1.93 bits per heavy atom. The molecule has 1 fully saturated rings. The van der Waals surface area contributed by atoms with Crippen LogP contribution >= 0.6 is 0 Å². The van der Waals surface area contributed by atoms with Gasteiger partial charge in [0, 0.05) is 25.4 Å². The van der Waals surface area contributed by atoms with Crippen LogP contribution in [0.2, 0.25) is 0 Å². The van der Waals surface area contributed by atoms with Gasteiger partial charge in [-0.25, -0.2) is 8.42 Å². The summed E-state index contributed by atoms with van der Waals surface area (Å²) in [6.07, 6.45) is 2.61. The van der Waals surface area contributed by atoms with E-state index in [-0.39, 0.29) is 24.1 Å². The molecular formula is C8H14NO4S-. The summed E-state index contributed by atoms with van der Waals surface area (Å²) in [7, 11) is -4.12. The van der Waals surface area contributed by atoms with Crippen LogP contribution in [-0.4, -0.2) is 37.1 Å².